The Bertz CT molecular complexity index is 1150. The van der Waals surface area contributed by atoms with Gasteiger partial charge in [0.15, 0.2) is 0 Å². The number of piperidine rings is 4. The van der Waals surface area contributed by atoms with Gasteiger partial charge >= 0.3 is 0 Å². The topological polar surface area (TPSA) is 120 Å². The summed E-state index contributed by atoms with van der Waals surface area (Å²) in [5.74, 6) is 0.606. The van der Waals surface area contributed by atoms with E-state index in [1.807, 2.05) is 27.7 Å². The summed E-state index contributed by atoms with van der Waals surface area (Å²) in [4.78, 5) is 24.8. The molecule has 0 spiro atoms. The molecule has 53 heavy (non-hydrogen) atoms. The van der Waals surface area contributed by atoms with Gasteiger partial charge in [0.05, 0.1) is 27.2 Å². The molecule has 4 aliphatic rings. The summed E-state index contributed by atoms with van der Waals surface area (Å²) in [6.45, 7) is 32.7. The fraction of sp³-hybridized carbons (Fsp3) is 0.951. The lowest BCUT2D eigenvalue weighted by atomic mass is 9.78. The van der Waals surface area contributed by atoms with Crippen molar-refractivity contribution in [3.05, 3.63) is 0 Å². The first-order chi connectivity index (χ1) is 22.7. The van der Waals surface area contributed by atoms with Gasteiger partial charge in [0.2, 0.25) is 0 Å². The van der Waals surface area contributed by atoms with Crippen LogP contribution in [0.3, 0.4) is 0 Å². The number of rotatable bonds is 2. The van der Waals surface area contributed by atoms with Crippen LogP contribution in [-0.4, -0.2) is 143 Å². The number of Topliss-reactive ketones (excluding diaryl/α,β-unsaturated/α-hetero) is 2. The minimum Gasteiger partial charge on any atom is -1.00 e. The first-order valence-corrected chi connectivity index (χ1v) is 19.5. The second-order valence-corrected chi connectivity index (χ2v) is 22.7. The Morgan fingerprint density at radius 1 is 0.528 bits per heavy atom. The lowest BCUT2D eigenvalue weighted by Gasteiger charge is -2.54. The Morgan fingerprint density at radius 3 is 1.06 bits per heavy atom. The molecule has 0 radical (unpaired) electrons. The van der Waals surface area contributed by atoms with E-state index in [4.69, 9.17) is 0 Å². The van der Waals surface area contributed by atoms with Crippen molar-refractivity contribution in [1.29, 1.82) is 0 Å². The van der Waals surface area contributed by atoms with Crippen LogP contribution in [0.25, 0.3) is 0 Å². The minimum atomic E-state index is -0.418. The lowest BCUT2D eigenvalue weighted by Crippen LogP contribution is -3.00. The average molecular weight is 778 g/mol. The number of ketones is 2. The van der Waals surface area contributed by atoms with Gasteiger partial charge < -0.3 is 42.7 Å². The molecule has 4 rings (SSSR count). The standard InChI is InChI=1S/C12H27N2O.C11H24N2O.C9H17NO2.C9H17NO.ClH/c1-11(2)8-10(14(5,6)7)9-12(3,4)13(11)15;1-10(2)7-9(12(5)6)8-11(3,4)13(10)14;1-8(2)5-7(11)6-9(3,4)10(8)12;1-8(2)5-7(11)6-9(3,4)10-8;/h10,15H,8-9H2,1-7H3;9,14H,7-8H2,1-6H3;12H,5-6H2,1-4H3;10H,5-6H2,1-4H3;1H/q+1;;;;/p-1. The number of nitrogens with one attached hydrogen (secondary N) is 1. The fourth-order valence-electron chi connectivity index (χ4n) is 9.40. The van der Waals surface area contributed by atoms with Crippen molar-refractivity contribution in [3.8, 4) is 0 Å². The molecule has 4 saturated heterocycles. The number of quaternary nitrogens is 1. The Balaban J connectivity index is 0.000000680. The summed E-state index contributed by atoms with van der Waals surface area (Å²) in [7, 11) is 10.9. The third-order valence-corrected chi connectivity index (χ3v) is 11.4. The molecule has 0 aromatic heterocycles. The van der Waals surface area contributed by atoms with Crippen molar-refractivity contribution in [2.75, 3.05) is 35.2 Å². The number of halogens is 1. The summed E-state index contributed by atoms with van der Waals surface area (Å²) < 4.78 is 0.973. The van der Waals surface area contributed by atoms with Crippen molar-refractivity contribution in [1.82, 2.24) is 25.4 Å². The van der Waals surface area contributed by atoms with Crippen LogP contribution in [0.2, 0.25) is 0 Å². The zero-order valence-corrected chi connectivity index (χ0v) is 38.8. The van der Waals surface area contributed by atoms with E-state index in [1.165, 1.54) is 10.1 Å². The molecule has 316 valence electrons. The van der Waals surface area contributed by atoms with Crippen molar-refractivity contribution >= 4 is 11.6 Å². The summed E-state index contributed by atoms with van der Waals surface area (Å²) in [5.41, 5.74) is -1.38. The van der Waals surface area contributed by atoms with Crippen LogP contribution in [0.4, 0.5) is 0 Å². The SMILES string of the molecule is CC1(C)CC(=O)CC(C)(C)N1.CC1(C)CC(=O)CC(C)(C)N1O.CC1(C)CC([N+](C)(C)C)CC(C)(C)N1O.CN(C)C1CC(C)(C)N(O)C(C)(C)C1.[Cl-]. The quantitative estimate of drug-likeness (QED) is 0.305. The van der Waals surface area contributed by atoms with Gasteiger partial charge in [-0.3, -0.25) is 9.59 Å². The molecule has 4 fully saturated rings. The monoisotopic (exact) mass is 777 g/mol. The van der Waals surface area contributed by atoms with E-state index >= 15 is 0 Å². The van der Waals surface area contributed by atoms with Gasteiger partial charge in [-0.1, -0.05) is 0 Å². The van der Waals surface area contributed by atoms with Crippen LogP contribution >= 0.6 is 0 Å². The Hall–Kier alpha value is -0.730. The second-order valence-electron chi connectivity index (χ2n) is 22.7. The van der Waals surface area contributed by atoms with E-state index in [9.17, 15) is 25.2 Å². The highest BCUT2D eigenvalue weighted by Crippen LogP contribution is 2.40. The van der Waals surface area contributed by atoms with Crippen LogP contribution in [-0.2, 0) is 9.59 Å². The number of hydrogen-bond donors (Lipinski definition) is 4. The van der Waals surface area contributed by atoms with Crippen LogP contribution in [0.1, 0.15) is 162 Å². The molecule has 12 heteroatoms. The number of hydroxylamine groups is 6. The molecule has 0 unspecified atom stereocenters. The van der Waals surface area contributed by atoms with E-state index in [0.29, 0.717) is 43.6 Å². The van der Waals surface area contributed by atoms with E-state index in [1.54, 1.807) is 5.06 Å². The van der Waals surface area contributed by atoms with Crippen LogP contribution in [0, 0.1) is 0 Å². The van der Waals surface area contributed by atoms with Crippen LogP contribution < -0.4 is 17.7 Å². The Morgan fingerprint density at radius 2 is 0.792 bits per heavy atom. The predicted octanol–water partition coefficient (Wildman–Crippen LogP) is 4.16. The van der Waals surface area contributed by atoms with E-state index in [-0.39, 0.29) is 51.4 Å². The van der Waals surface area contributed by atoms with E-state index < -0.39 is 11.1 Å². The van der Waals surface area contributed by atoms with Crippen molar-refractivity contribution in [2.24, 2.45) is 0 Å². The Kier molecular flexibility index (Phi) is 17.2. The van der Waals surface area contributed by atoms with Crippen molar-refractivity contribution in [3.63, 3.8) is 0 Å². The molecule has 11 nitrogen and oxygen atoms in total. The van der Waals surface area contributed by atoms with Gasteiger partial charge in [0.25, 0.3) is 0 Å². The number of carbonyl (C=O) groups is 2. The van der Waals surface area contributed by atoms with Gasteiger partial charge in [-0.25, -0.2) is 0 Å². The Labute approximate surface area is 332 Å². The maximum absolute atomic E-state index is 11.3. The van der Waals surface area contributed by atoms with Crippen LogP contribution in [0.5, 0.6) is 0 Å². The summed E-state index contributed by atoms with van der Waals surface area (Å²) in [6.07, 6.45) is 6.30. The predicted molar refractivity (Wildman–Crippen MR) is 213 cm³/mol. The van der Waals surface area contributed by atoms with Gasteiger partial charge in [0.1, 0.15) is 11.6 Å². The first kappa shape index (κ1) is 52.3. The zero-order valence-electron chi connectivity index (χ0n) is 38.1. The highest BCUT2D eigenvalue weighted by Gasteiger charge is 2.49. The first-order valence-electron chi connectivity index (χ1n) is 19.5. The molecule has 0 atom stereocenters. The second kappa shape index (κ2) is 17.4. The van der Waals surface area contributed by atoms with E-state index in [0.717, 1.165) is 30.2 Å². The van der Waals surface area contributed by atoms with Gasteiger partial charge in [-0.15, -0.1) is 0 Å². The number of carbonyl (C=O) groups excluding carboxylic acids is 2. The fourth-order valence-corrected chi connectivity index (χ4v) is 9.40. The number of hydrogen-bond acceptors (Lipinski definition) is 10. The normalized spacial score (nSPS) is 27.9. The third-order valence-electron chi connectivity index (χ3n) is 11.4. The number of nitrogens with zero attached hydrogens (tertiary/aromatic N) is 5. The minimum absolute atomic E-state index is 0. The molecule has 0 aromatic carbocycles. The molecule has 4 heterocycles. The van der Waals surface area contributed by atoms with Gasteiger partial charge in [-0.2, -0.15) is 15.2 Å². The van der Waals surface area contributed by atoms with Crippen molar-refractivity contribution < 1.29 is 42.1 Å². The van der Waals surface area contributed by atoms with E-state index in [2.05, 4.69) is 129 Å². The van der Waals surface area contributed by atoms with Gasteiger partial charge in [0, 0.05) is 88.9 Å². The third kappa shape index (κ3) is 14.9. The molecule has 0 aromatic rings. The molecular weight excluding hydrogens is 692 g/mol. The molecule has 0 amide bonds. The maximum Gasteiger partial charge on any atom is 0.136 e. The molecule has 0 bridgehead atoms. The van der Waals surface area contributed by atoms with Crippen molar-refractivity contribution in [2.45, 2.75) is 219 Å². The molecule has 4 N–H and O–H groups in total. The average Bonchev–Trinajstić information content (AvgIpc) is 2.86. The molecule has 0 saturated carbocycles. The molecular formula is C41H85ClN6O5. The van der Waals surface area contributed by atoms with Gasteiger partial charge in [-0.05, 0) is 138 Å². The highest BCUT2D eigenvalue weighted by molar-refractivity contribution is 5.82. The smallest absolute Gasteiger partial charge is 0.136 e. The molecule has 4 aliphatic heterocycles. The summed E-state index contributed by atoms with van der Waals surface area (Å²) in [5, 5.41) is 37.8. The largest absolute Gasteiger partial charge is 1.00 e. The molecule has 0 aliphatic carbocycles. The lowest BCUT2D eigenvalue weighted by molar-refractivity contribution is -0.899. The highest BCUT2D eigenvalue weighted by atomic mass is 35.5. The maximum atomic E-state index is 11.3. The zero-order chi connectivity index (χ0) is 41.5. The summed E-state index contributed by atoms with van der Waals surface area (Å²) in [6, 6.07) is 1.17. The van der Waals surface area contributed by atoms with Crippen LogP contribution in [0.15, 0.2) is 0 Å². The summed E-state index contributed by atoms with van der Waals surface area (Å²) >= 11 is 0.